The maximum Gasteiger partial charge on any atom is 0.306 e. The van der Waals surface area contributed by atoms with Gasteiger partial charge in [-0.25, -0.2) is 4.39 Å². The van der Waals surface area contributed by atoms with E-state index in [1.807, 2.05) is 6.92 Å². The lowest BCUT2D eigenvalue weighted by molar-refractivity contribution is -0.145. The average molecular weight is 240 g/mol. The molecule has 0 N–H and O–H groups in total. The van der Waals surface area contributed by atoms with Crippen LogP contribution in [0.1, 0.15) is 18.9 Å². The van der Waals surface area contributed by atoms with Crippen LogP contribution < -0.4 is 0 Å². The predicted molar refractivity (Wildman–Crippen MR) is 62.2 cm³/mol. The van der Waals surface area contributed by atoms with Crippen LogP contribution in [-0.2, 0) is 20.7 Å². The van der Waals surface area contributed by atoms with Gasteiger partial charge in [0.1, 0.15) is 12.4 Å². The van der Waals surface area contributed by atoms with Gasteiger partial charge >= 0.3 is 5.97 Å². The average Bonchev–Trinajstić information content (AvgIpc) is 2.32. The minimum atomic E-state index is -0.285. The zero-order valence-electron chi connectivity index (χ0n) is 9.95. The molecule has 0 atom stereocenters. The molecular weight excluding hydrogens is 223 g/mol. The Kier molecular flexibility index (Phi) is 6.25. The molecule has 0 bridgehead atoms. The number of carbonyl (C=O) groups excluding carboxylic acids is 1. The first-order chi connectivity index (χ1) is 8.22. The Morgan fingerprint density at radius 1 is 1.35 bits per heavy atom. The maximum atomic E-state index is 12.8. The van der Waals surface area contributed by atoms with Gasteiger partial charge in [-0.3, -0.25) is 4.79 Å². The number of carbonyl (C=O) groups is 1. The molecule has 1 aromatic carbocycles. The summed E-state index contributed by atoms with van der Waals surface area (Å²) in [5.74, 6) is -0.568. The molecule has 0 saturated heterocycles. The third-order valence-corrected chi connectivity index (χ3v) is 2.20. The molecule has 0 heterocycles. The number of esters is 1. The highest BCUT2D eigenvalue weighted by molar-refractivity contribution is 5.69. The topological polar surface area (TPSA) is 35.5 Å². The highest BCUT2D eigenvalue weighted by Gasteiger charge is 2.04. The van der Waals surface area contributed by atoms with Crippen LogP contribution in [0.2, 0.25) is 0 Å². The van der Waals surface area contributed by atoms with Crippen molar-refractivity contribution in [3.05, 3.63) is 35.6 Å². The molecule has 4 heteroatoms. The van der Waals surface area contributed by atoms with Crippen LogP contribution in [0.4, 0.5) is 4.39 Å². The fourth-order valence-electron chi connectivity index (χ4n) is 1.37. The molecule has 17 heavy (non-hydrogen) atoms. The van der Waals surface area contributed by atoms with Gasteiger partial charge in [-0.2, -0.15) is 0 Å². The van der Waals surface area contributed by atoms with E-state index in [-0.39, 0.29) is 24.8 Å². The van der Waals surface area contributed by atoms with Crippen molar-refractivity contribution in [1.82, 2.24) is 0 Å². The van der Waals surface area contributed by atoms with Crippen LogP contribution >= 0.6 is 0 Å². The van der Waals surface area contributed by atoms with Crippen LogP contribution in [0.3, 0.4) is 0 Å². The first-order valence-corrected chi connectivity index (χ1v) is 5.70. The second-order valence-electron chi connectivity index (χ2n) is 3.55. The molecule has 0 aliphatic carbocycles. The Labute approximate surface area is 101 Å². The number of ether oxygens (including phenoxy) is 2. The normalized spacial score (nSPS) is 10.2. The SMILES string of the molecule is CCOCCOC(=O)CCc1cccc(F)c1. The predicted octanol–water partition coefficient (Wildman–Crippen LogP) is 2.34. The molecule has 0 fully saturated rings. The van der Waals surface area contributed by atoms with Crippen LogP contribution in [-0.4, -0.2) is 25.8 Å². The zero-order chi connectivity index (χ0) is 12.5. The third-order valence-electron chi connectivity index (χ3n) is 2.20. The van der Waals surface area contributed by atoms with E-state index in [0.29, 0.717) is 19.6 Å². The molecule has 0 aromatic heterocycles. The fraction of sp³-hybridized carbons (Fsp3) is 0.462. The second kappa shape index (κ2) is 7.79. The van der Waals surface area contributed by atoms with E-state index < -0.39 is 0 Å². The summed E-state index contributed by atoms with van der Waals surface area (Å²) in [4.78, 5) is 11.3. The monoisotopic (exact) mass is 240 g/mol. The molecule has 0 radical (unpaired) electrons. The lowest BCUT2D eigenvalue weighted by Gasteiger charge is -2.05. The van der Waals surface area contributed by atoms with E-state index in [2.05, 4.69) is 0 Å². The van der Waals surface area contributed by atoms with Gasteiger partial charge in [-0.15, -0.1) is 0 Å². The molecule has 1 aromatic rings. The Morgan fingerprint density at radius 3 is 2.88 bits per heavy atom. The molecule has 3 nitrogen and oxygen atoms in total. The minimum absolute atomic E-state index is 0.260. The Balaban J connectivity index is 2.19. The van der Waals surface area contributed by atoms with Crippen LogP contribution in [0.5, 0.6) is 0 Å². The number of rotatable bonds is 7. The zero-order valence-corrected chi connectivity index (χ0v) is 9.95. The van der Waals surface area contributed by atoms with Crippen molar-refractivity contribution in [3.63, 3.8) is 0 Å². The first kappa shape index (κ1) is 13.6. The summed E-state index contributed by atoms with van der Waals surface area (Å²) in [7, 11) is 0. The largest absolute Gasteiger partial charge is 0.463 e. The van der Waals surface area contributed by atoms with E-state index in [4.69, 9.17) is 9.47 Å². The lowest BCUT2D eigenvalue weighted by atomic mass is 10.1. The van der Waals surface area contributed by atoms with E-state index in [0.717, 1.165) is 5.56 Å². The molecule has 0 saturated carbocycles. The summed E-state index contributed by atoms with van der Waals surface area (Å²) in [5.41, 5.74) is 0.798. The Morgan fingerprint density at radius 2 is 2.18 bits per heavy atom. The van der Waals surface area contributed by atoms with Crippen molar-refractivity contribution in [2.24, 2.45) is 0 Å². The van der Waals surface area contributed by atoms with Gasteiger partial charge in [0.25, 0.3) is 0 Å². The molecule has 0 aliphatic heterocycles. The number of halogens is 1. The molecule has 0 spiro atoms. The van der Waals surface area contributed by atoms with Gasteiger partial charge < -0.3 is 9.47 Å². The summed E-state index contributed by atoms with van der Waals surface area (Å²) >= 11 is 0. The van der Waals surface area contributed by atoms with Crippen molar-refractivity contribution < 1.29 is 18.7 Å². The summed E-state index contributed by atoms with van der Waals surface area (Å²) in [6, 6.07) is 6.22. The van der Waals surface area contributed by atoms with E-state index >= 15 is 0 Å². The van der Waals surface area contributed by atoms with Crippen molar-refractivity contribution in [3.8, 4) is 0 Å². The minimum Gasteiger partial charge on any atom is -0.463 e. The summed E-state index contributed by atoms with van der Waals surface area (Å²) in [5, 5.41) is 0. The molecule has 94 valence electrons. The summed E-state index contributed by atoms with van der Waals surface area (Å²) in [6.45, 7) is 3.19. The quantitative estimate of drug-likeness (QED) is 0.542. The molecular formula is C13H17FO3. The molecule has 0 unspecified atom stereocenters. The second-order valence-corrected chi connectivity index (χ2v) is 3.55. The molecule has 1 rings (SSSR count). The van der Waals surface area contributed by atoms with E-state index in [1.165, 1.54) is 12.1 Å². The van der Waals surface area contributed by atoms with Crippen molar-refractivity contribution in [2.45, 2.75) is 19.8 Å². The van der Waals surface area contributed by atoms with Gasteiger partial charge in [-0.05, 0) is 31.0 Å². The van der Waals surface area contributed by atoms with Gasteiger partial charge in [0, 0.05) is 13.0 Å². The highest BCUT2D eigenvalue weighted by atomic mass is 19.1. The van der Waals surface area contributed by atoms with Gasteiger partial charge in [0.05, 0.1) is 6.61 Å². The smallest absolute Gasteiger partial charge is 0.306 e. The number of benzene rings is 1. The number of hydrogen-bond donors (Lipinski definition) is 0. The Hall–Kier alpha value is -1.42. The maximum absolute atomic E-state index is 12.8. The van der Waals surface area contributed by atoms with E-state index in [9.17, 15) is 9.18 Å². The first-order valence-electron chi connectivity index (χ1n) is 5.70. The lowest BCUT2D eigenvalue weighted by Crippen LogP contribution is -2.11. The van der Waals surface area contributed by atoms with Crippen molar-refractivity contribution >= 4 is 5.97 Å². The standard InChI is InChI=1S/C13H17FO3/c1-2-16-8-9-17-13(15)7-6-11-4-3-5-12(14)10-11/h3-5,10H,2,6-9H2,1H3. The van der Waals surface area contributed by atoms with Crippen LogP contribution in [0.15, 0.2) is 24.3 Å². The number of aryl methyl sites for hydroxylation is 1. The summed E-state index contributed by atoms with van der Waals surface area (Å²) in [6.07, 6.45) is 0.751. The van der Waals surface area contributed by atoms with Crippen molar-refractivity contribution in [2.75, 3.05) is 19.8 Å². The number of hydrogen-bond acceptors (Lipinski definition) is 3. The summed E-state index contributed by atoms with van der Waals surface area (Å²) < 4.78 is 22.8. The van der Waals surface area contributed by atoms with E-state index in [1.54, 1.807) is 12.1 Å². The van der Waals surface area contributed by atoms with Gasteiger partial charge in [0.15, 0.2) is 0 Å². The highest BCUT2D eigenvalue weighted by Crippen LogP contribution is 2.06. The van der Waals surface area contributed by atoms with Gasteiger partial charge in [-0.1, -0.05) is 12.1 Å². The third kappa shape index (κ3) is 6.02. The van der Waals surface area contributed by atoms with Gasteiger partial charge in [0.2, 0.25) is 0 Å². The van der Waals surface area contributed by atoms with Crippen molar-refractivity contribution in [1.29, 1.82) is 0 Å². The van der Waals surface area contributed by atoms with Crippen LogP contribution in [0.25, 0.3) is 0 Å². The fourth-order valence-corrected chi connectivity index (χ4v) is 1.37. The van der Waals surface area contributed by atoms with Crippen LogP contribution in [0, 0.1) is 5.82 Å². The molecule has 0 aliphatic rings. The molecule has 0 amide bonds. The Bertz CT molecular complexity index is 352.